The summed E-state index contributed by atoms with van der Waals surface area (Å²) in [5.74, 6) is 0.248. The summed E-state index contributed by atoms with van der Waals surface area (Å²) in [7, 11) is 1.79. The quantitative estimate of drug-likeness (QED) is 0.793. The molecular formula is C17H24N4O2. The summed E-state index contributed by atoms with van der Waals surface area (Å²) in [5, 5.41) is 19.3. The van der Waals surface area contributed by atoms with E-state index in [-0.39, 0.29) is 17.8 Å². The summed E-state index contributed by atoms with van der Waals surface area (Å²) in [4.78, 5) is 14.0. The first kappa shape index (κ1) is 16.9. The Balaban J connectivity index is 1.89. The summed E-state index contributed by atoms with van der Waals surface area (Å²) in [6, 6.07) is 6.99. The number of rotatable bonds is 5. The fourth-order valence-electron chi connectivity index (χ4n) is 2.43. The molecule has 2 amide bonds. The lowest BCUT2D eigenvalue weighted by molar-refractivity contribution is 0.193. The van der Waals surface area contributed by atoms with Gasteiger partial charge in [0.15, 0.2) is 0 Å². The number of amides is 2. The fourth-order valence-corrected chi connectivity index (χ4v) is 2.43. The van der Waals surface area contributed by atoms with Crippen molar-refractivity contribution in [2.24, 2.45) is 0 Å². The van der Waals surface area contributed by atoms with Crippen LogP contribution in [0.15, 0.2) is 24.3 Å². The molecule has 124 valence electrons. The molecule has 1 heterocycles. The number of phenolic OH excluding ortho intramolecular Hbond substituents is 1. The van der Waals surface area contributed by atoms with Gasteiger partial charge in [-0.05, 0) is 44.9 Å². The first-order valence-corrected chi connectivity index (χ1v) is 7.67. The molecule has 6 heteroatoms. The Hall–Kier alpha value is -2.50. The molecule has 0 bridgehead atoms. The predicted octanol–water partition coefficient (Wildman–Crippen LogP) is 2.50. The van der Waals surface area contributed by atoms with Crippen molar-refractivity contribution in [1.29, 1.82) is 0 Å². The van der Waals surface area contributed by atoms with Gasteiger partial charge in [0, 0.05) is 30.9 Å². The van der Waals surface area contributed by atoms with E-state index in [1.54, 1.807) is 24.1 Å². The lowest BCUT2D eigenvalue weighted by Gasteiger charge is -2.25. The average Bonchev–Trinajstić information content (AvgIpc) is 2.85. The molecule has 0 saturated carbocycles. The molecular weight excluding hydrogens is 292 g/mol. The van der Waals surface area contributed by atoms with Crippen molar-refractivity contribution in [3.8, 4) is 5.75 Å². The maximum atomic E-state index is 12.3. The molecule has 3 N–H and O–H groups in total. The number of hydrogen-bond acceptors (Lipinski definition) is 3. The van der Waals surface area contributed by atoms with Gasteiger partial charge >= 0.3 is 6.03 Å². The molecule has 0 aliphatic heterocycles. The molecule has 6 nitrogen and oxygen atoms in total. The minimum atomic E-state index is -0.115. The van der Waals surface area contributed by atoms with Crippen LogP contribution < -0.4 is 5.32 Å². The van der Waals surface area contributed by atoms with Gasteiger partial charge in [-0.15, -0.1) is 0 Å². The van der Waals surface area contributed by atoms with Crippen LogP contribution in [0.4, 0.5) is 4.79 Å². The molecule has 0 spiro atoms. The second-order valence-corrected chi connectivity index (χ2v) is 5.90. The molecule has 0 fully saturated rings. The monoisotopic (exact) mass is 316 g/mol. The van der Waals surface area contributed by atoms with Crippen LogP contribution in [0, 0.1) is 13.8 Å². The van der Waals surface area contributed by atoms with Crippen molar-refractivity contribution in [2.45, 2.75) is 39.8 Å². The second kappa shape index (κ2) is 7.17. The fraction of sp³-hybridized carbons (Fsp3) is 0.412. The normalized spacial score (nSPS) is 12.0. The molecule has 0 unspecified atom stereocenters. The summed E-state index contributed by atoms with van der Waals surface area (Å²) in [5.41, 5.74) is 3.99. The van der Waals surface area contributed by atoms with E-state index in [2.05, 4.69) is 15.5 Å². The smallest absolute Gasteiger partial charge is 0.317 e. The molecule has 0 aliphatic carbocycles. The lowest BCUT2D eigenvalue weighted by Crippen LogP contribution is -2.43. The zero-order valence-corrected chi connectivity index (χ0v) is 14.1. The Morgan fingerprint density at radius 2 is 2.00 bits per heavy atom. The minimum Gasteiger partial charge on any atom is -0.508 e. The minimum absolute atomic E-state index is 0.0473. The second-order valence-electron chi connectivity index (χ2n) is 5.90. The number of aromatic amines is 1. The number of nitrogens with one attached hydrogen (secondary N) is 2. The van der Waals surface area contributed by atoms with Crippen molar-refractivity contribution >= 4 is 6.03 Å². The van der Waals surface area contributed by atoms with Gasteiger partial charge in [0.05, 0.1) is 5.69 Å². The molecule has 1 aromatic carbocycles. The van der Waals surface area contributed by atoms with Crippen LogP contribution in [0.1, 0.15) is 29.4 Å². The number of likely N-dealkylation sites (N-methyl/N-ethyl adjacent to an activating group) is 1. The third-order valence-electron chi connectivity index (χ3n) is 4.15. The van der Waals surface area contributed by atoms with Crippen LogP contribution in [0.3, 0.4) is 0 Å². The molecule has 2 aromatic rings. The van der Waals surface area contributed by atoms with Crippen molar-refractivity contribution in [3.05, 3.63) is 46.8 Å². The molecule has 1 aromatic heterocycles. The number of aromatic hydroxyl groups is 1. The molecule has 23 heavy (non-hydrogen) atoms. The summed E-state index contributed by atoms with van der Waals surface area (Å²) >= 11 is 0. The third-order valence-corrected chi connectivity index (χ3v) is 4.15. The molecule has 2 rings (SSSR count). The average molecular weight is 316 g/mol. The van der Waals surface area contributed by atoms with Gasteiger partial charge in [-0.25, -0.2) is 4.79 Å². The largest absolute Gasteiger partial charge is 0.508 e. The molecule has 0 radical (unpaired) electrons. The zero-order valence-electron chi connectivity index (χ0n) is 14.1. The van der Waals surface area contributed by atoms with E-state index in [0.29, 0.717) is 6.54 Å². The van der Waals surface area contributed by atoms with Crippen LogP contribution in [0.5, 0.6) is 5.75 Å². The van der Waals surface area contributed by atoms with Crippen LogP contribution in [0.25, 0.3) is 0 Å². The maximum Gasteiger partial charge on any atom is 0.317 e. The van der Waals surface area contributed by atoms with Crippen LogP contribution in [-0.4, -0.2) is 39.3 Å². The maximum absolute atomic E-state index is 12.3. The van der Waals surface area contributed by atoms with Gasteiger partial charge in [-0.2, -0.15) is 5.10 Å². The Labute approximate surface area is 136 Å². The number of urea groups is 1. The first-order chi connectivity index (χ1) is 10.9. The van der Waals surface area contributed by atoms with Gasteiger partial charge < -0.3 is 15.3 Å². The van der Waals surface area contributed by atoms with Gasteiger partial charge in [0.1, 0.15) is 5.75 Å². The van der Waals surface area contributed by atoms with E-state index >= 15 is 0 Å². The number of phenols is 1. The predicted molar refractivity (Wildman–Crippen MR) is 89.3 cm³/mol. The summed E-state index contributed by atoms with van der Waals surface area (Å²) < 4.78 is 0. The lowest BCUT2D eigenvalue weighted by atomic mass is 10.1. The number of H-pyrrole nitrogens is 1. The number of nitrogens with zero attached hydrogens (tertiary/aromatic N) is 2. The van der Waals surface area contributed by atoms with Crippen LogP contribution in [0.2, 0.25) is 0 Å². The van der Waals surface area contributed by atoms with Gasteiger partial charge in [-0.1, -0.05) is 12.1 Å². The highest BCUT2D eigenvalue weighted by Gasteiger charge is 2.17. The number of carbonyl (C=O) groups is 1. The molecule has 1 atom stereocenters. The SMILES string of the molecule is Cc1n[nH]c(C)c1CNC(=O)N(C)[C@H](C)Cc1ccc(O)cc1. The van der Waals surface area contributed by atoms with E-state index < -0.39 is 0 Å². The molecule has 0 aliphatic rings. The van der Waals surface area contributed by atoms with E-state index in [0.717, 1.165) is 28.9 Å². The van der Waals surface area contributed by atoms with E-state index in [1.807, 2.05) is 32.9 Å². The highest BCUT2D eigenvalue weighted by Crippen LogP contribution is 2.13. The topological polar surface area (TPSA) is 81.2 Å². The number of benzene rings is 1. The number of carbonyl (C=O) groups excluding carboxylic acids is 1. The van der Waals surface area contributed by atoms with Crippen molar-refractivity contribution in [1.82, 2.24) is 20.4 Å². The van der Waals surface area contributed by atoms with Crippen molar-refractivity contribution in [2.75, 3.05) is 7.05 Å². The Bertz CT molecular complexity index is 644. The summed E-state index contributed by atoms with van der Waals surface area (Å²) in [6.07, 6.45) is 0.730. The van der Waals surface area contributed by atoms with Crippen molar-refractivity contribution in [3.63, 3.8) is 0 Å². The molecule has 0 saturated heterocycles. The van der Waals surface area contributed by atoms with E-state index in [9.17, 15) is 9.90 Å². The van der Waals surface area contributed by atoms with Crippen molar-refractivity contribution < 1.29 is 9.90 Å². The Morgan fingerprint density at radius 3 is 2.57 bits per heavy atom. The first-order valence-electron chi connectivity index (χ1n) is 7.67. The summed E-state index contributed by atoms with van der Waals surface area (Å²) in [6.45, 7) is 6.32. The van der Waals surface area contributed by atoms with E-state index in [4.69, 9.17) is 0 Å². The van der Waals surface area contributed by atoms with E-state index in [1.165, 1.54) is 0 Å². The zero-order chi connectivity index (χ0) is 17.0. The Kier molecular flexibility index (Phi) is 5.26. The Morgan fingerprint density at radius 1 is 1.35 bits per heavy atom. The number of aromatic nitrogens is 2. The number of hydrogen-bond donors (Lipinski definition) is 3. The third kappa shape index (κ3) is 4.25. The highest BCUT2D eigenvalue weighted by molar-refractivity contribution is 5.74. The standard InChI is InChI=1S/C17H24N4O2/c1-11(9-14-5-7-15(22)8-6-14)21(4)17(23)18-10-16-12(2)19-20-13(16)3/h5-8,11,22H,9-10H2,1-4H3,(H,18,23)(H,19,20)/t11-/m1/s1. The highest BCUT2D eigenvalue weighted by atomic mass is 16.3. The van der Waals surface area contributed by atoms with Crippen LogP contribution in [-0.2, 0) is 13.0 Å². The van der Waals surface area contributed by atoms with Gasteiger partial charge in [-0.3, -0.25) is 5.10 Å². The van der Waals surface area contributed by atoms with Gasteiger partial charge in [0.2, 0.25) is 0 Å². The van der Waals surface area contributed by atoms with Crippen LogP contribution >= 0.6 is 0 Å². The number of aryl methyl sites for hydroxylation is 2. The van der Waals surface area contributed by atoms with Gasteiger partial charge in [0.25, 0.3) is 0 Å².